The second kappa shape index (κ2) is 19.2. The highest BCUT2D eigenvalue weighted by Gasteiger charge is 2.29. The molecule has 1 aromatic carbocycles. The molecule has 0 bridgehead atoms. The van der Waals surface area contributed by atoms with E-state index in [4.69, 9.17) is 16.2 Å². The third kappa shape index (κ3) is 13.8. The molecule has 0 aliphatic carbocycles. The number of carboxylic acid groups (broad SMARTS) is 1. The molecule has 13 heteroatoms. The fourth-order valence-corrected chi connectivity index (χ4v) is 3.80. The predicted molar refractivity (Wildman–Crippen MR) is 149 cm³/mol. The molecule has 0 radical (unpaired) electrons. The average molecular weight is 565 g/mol. The zero-order valence-electron chi connectivity index (χ0n) is 23.3. The van der Waals surface area contributed by atoms with E-state index < -0.39 is 48.0 Å². The molecule has 0 fully saturated rings. The number of hydrogen-bond donors (Lipinski definition) is 7. The van der Waals surface area contributed by atoms with Crippen molar-refractivity contribution in [1.29, 1.82) is 0 Å². The Hall–Kier alpha value is -3.87. The van der Waals surface area contributed by atoms with Crippen LogP contribution in [0, 0.1) is 5.92 Å². The standard InChI is InChI=1S/C27H44N6O7/c1-3-18(2)22(23(29)34)33-24(35)20(31-26(38)32-21(25(36)37)14-7-9-15-28)13-8-10-16-30-27(39)40-17-19-11-5-4-6-12-19/h4-6,11-12,18,20-22H,3,7-10,13-17,28H2,1-2H3,(H2,29,34)(H,30,39)(H,33,35)(H,36,37)(H2,31,32,38)/t18?,20-,21+,22-/m1/s1. The maximum atomic E-state index is 13.1. The van der Waals surface area contributed by atoms with Crippen LogP contribution in [0.5, 0.6) is 0 Å². The third-order valence-electron chi connectivity index (χ3n) is 6.39. The molecule has 1 unspecified atom stereocenters. The maximum Gasteiger partial charge on any atom is 0.407 e. The van der Waals surface area contributed by atoms with E-state index in [1.807, 2.05) is 37.3 Å². The lowest BCUT2D eigenvalue weighted by Crippen LogP contribution is -2.57. The lowest BCUT2D eigenvalue weighted by atomic mass is 9.98. The molecule has 0 aromatic heterocycles. The molecule has 40 heavy (non-hydrogen) atoms. The second-order valence-electron chi connectivity index (χ2n) is 9.60. The van der Waals surface area contributed by atoms with Gasteiger partial charge in [-0.15, -0.1) is 0 Å². The summed E-state index contributed by atoms with van der Waals surface area (Å²) in [4.78, 5) is 61.1. The number of carbonyl (C=O) groups excluding carboxylic acids is 4. The summed E-state index contributed by atoms with van der Waals surface area (Å²) in [7, 11) is 0. The molecule has 13 nitrogen and oxygen atoms in total. The molecule has 0 aliphatic heterocycles. The Kier molecular flexibility index (Phi) is 16.4. The SMILES string of the molecule is CCC(C)[C@@H](NC(=O)[C@@H](CCCCNC(=O)OCc1ccccc1)NC(=O)N[C@@H](CCCCN)C(=O)O)C(N)=O. The second-order valence-corrected chi connectivity index (χ2v) is 9.60. The lowest BCUT2D eigenvalue weighted by Gasteiger charge is -2.25. The Labute approximate surface area is 235 Å². The summed E-state index contributed by atoms with van der Waals surface area (Å²) in [5.74, 6) is -2.76. The number of aliphatic carboxylic acids is 1. The first-order valence-corrected chi connectivity index (χ1v) is 13.6. The summed E-state index contributed by atoms with van der Waals surface area (Å²) in [5.41, 5.74) is 11.8. The number of carboxylic acids is 1. The van der Waals surface area contributed by atoms with Crippen LogP contribution in [0.15, 0.2) is 30.3 Å². The molecule has 1 aromatic rings. The zero-order chi connectivity index (χ0) is 29.9. The van der Waals surface area contributed by atoms with Crippen LogP contribution in [0.25, 0.3) is 0 Å². The first-order valence-electron chi connectivity index (χ1n) is 13.6. The third-order valence-corrected chi connectivity index (χ3v) is 6.39. The van der Waals surface area contributed by atoms with Gasteiger partial charge in [-0.05, 0) is 56.6 Å². The van der Waals surface area contributed by atoms with E-state index in [-0.39, 0.29) is 31.9 Å². The molecule has 1 rings (SSSR count). The van der Waals surface area contributed by atoms with Gasteiger partial charge in [0.2, 0.25) is 11.8 Å². The Morgan fingerprint density at radius 2 is 1.55 bits per heavy atom. The highest BCUT2D eigenvalue weighted by molar-refractivity contribution is 5.92. The number of primary amides is 1. The van der Waals surface area contributed by atoms with Crippen LogP contribution in [0.1, 0.15) is 64.4 Å². The predicted octanol–water partition coefficient (Wildman–Crippen LogP) is 1.35. The molecular weight excluding hydrogens is 520 g/mol. The Balaban J connectivity index is 2.70. The summed E-state index contributed by atoms with van der Waals surface area (Å²) in [6, 6.07) is 5.23. The van der Waals surface area contributed by atoms with Gasteiger partial charge >= 0.3 is 18.1 Å². The molecule has 224 valence electrons. The smallest absolute Gasteiger partial charge is 0.407 e. The van der Waals surface area contributed by atoms with Crippen molar-refractivity contribution in [1.82, 2.24) is 21.3 Å². The van der Waals surface area contributed by atoms with E-state index in [2.05, 4.69) is 21.3 Å². The van der Waals surface area contributed by atoms with E-state index in [9.17, 15) is 29.1 Å². The maximum absolute atomic E-state index is 13.1. The van der Waals surface area contributed by atoms with Gasteiger partial charge in [0.05, 0.1) is 0 Å². The number of unbranched alkanes of at least 4 members (excludes halogenated alkanes) is 2. The number of benzene rings is 1. The van der Waals surface area contributed by atoms with Crippen molar-refractivity contribution in [2.45, 2.75) is 83.5 Å². The largest absolute Gasteiger partial charge is 0.480 e. The summed E-state index contributed by atoms with van der Waals surface area (Å²) in [6.45, 7) is 4.43. The molecule has 0 heterocycles. The molecule has 4 atom stereocenters. The van der Waals surface area contributed by atoms with Crippen LogP contribution in [0.4, 0.5) is 9.59 Å². The van der Waals surface area contributed by atoms with Crippen LogP contribution in [-0.2, 0) is 25.7 Å². The zero-order valence-corrected chi connectivity index (χ0v) is 23.3. The van der Waals surface area contributed by atoms with Gasteiger partial charge in [0.1, 0.15) is 24.7 Å². The number of amides is 5. The van der Waals surface area contributed by atoms with Gasteiger partial charge in [0, 0.05) is 6.54 Å². The minimum atomic E-state index is -1.20. The van der Waals surface area contributed by atoms with Crippen molar-refractivity contribution in [3.8, 4) is 0 Å². The molecule has 0 saturated heterocycles. The van der Waals surface area contributed by atoms with Crippen LogP contribution >= 0.6 is 0 Å². The van der Waals surface area contributed by atoms with Gasteiger partial charge < -0.3 is 42.6 Å². The van der Waals surface area contributed by atoms with Crippen LogP contribution in [0.3, 0.4) is 0 Å². The number of urea groups is 1. The number of hydrogen-bond acceptors (Lipinski definition) is 7. The van der Waals surface area contributed by atoms with Crippen molar-refractivity contribution >= 4 is 29.9 Å². The van der Waals surface area contributed by atoms with E-state index in [0.717, 1.165) is 5.56 Å². The topological polar surface area (TPSA) is 215 Å². The number of ether oxygens (including phenoxy) is 1. The van der Waals surface area contributed by atoms with Gasteiger partial charge in [-0.1, -0.05) is 50.6 Å². The minimum Gasteiger partial charge on any atom is -0.480 e. The van der Waals surface area contributed by atoms with Gasteiger partial charge in [-0.2, -0.15) is 0 Å². The molecule has 9 N–H and O–H groups in total. The summed E-state index contributed by atoms with van der Waals surface area (Å²) >= 11 is 0. The number of carbonyl (C=O) groups is 5. The summed E-state index contributed by atoms with van der Waals surface area (Å²) < 4.78 is 5.16. The Bertz CT molecular complexity index is 947. The number of nitrogens with two attached hydrogens (primary N) is 2. The quantitative estimate of drug-likeness (QED) is 0.121. The monoisotopic (exact) mass is 564 g/mol. The average Bonchev–Trinajstić information content (AvgIpc) is 2.93. The van der Waals surface area contributed by atoms with Gasteiger partial charge in [0.25, 0.3) is 0 Å². The van der Waals surface area contributed by atoms with E-state index in [1.54, 1.807) is 6.92 Å². The highest BCUT2D eigenvalue weighted by Crippen LogP contribution is 2.10. The minimum absolute atomic E-state index is 0.134. The first-order chi connectivity index (χ1) is 19.1. The van der Waals surface area contributed by atoms with Gasteiger partial charge in [0.15, 0.2) is 0 Å². The normalized spacial score (nSPS) is 13.7. The fraction of sp³-hybridized carbons (Fsp3) is 0.593. The van der Waals surface area contributed by atoms with Crippen LogP contribution in [0.2, 0.25) is 0 Å². The van der Waals surface area contributed by atoms with Crippen LogP contribution in [-0.4, -0.2) is 66.2 Å². The Morgan fingerprint density at radius 1 is 0.925 bits per heavy atom. The fourth-order valence-electron chi connectivity index (χ4n) is 3.80. The molecule has 0 spiro atoms. The van der Waals surface area contributed by atoms with Crippen molar-refractivity contribution in [2.24, 2.45) is 17.4 Å². The number of alkyl carbamates (subject to hydrolysis) is 1. The van der Waals surface area contributed by atoms with E-state index in [0.29, 0.717) is 38.6 Å². The number of rotatable bonds is 19. The van der Waals surface area contributed by atoms with E-state index in [1.165, 1.54) is 0 Å². The lowest BCUT2D eigenvalue weighted by molar-refractivity contribution is -0.139. The van der Waals surface area contributed by atoms with Crippen LogP contribution < -0.4 is 32.7 Å². The van der Waals surface area contributed by atoms with Crippen molar-refractivity contribution < 1.29 is 33.8 Å². The molecule has 0 saturated carbocycles. The Morgan fingerprint density at radius 3 is 2.15 bits per heavy atom. The summed E-state index contributed by atoms with van der Waals surface area (Å²) in [5, 5.41) is 19.6. The molecule has 0 aliphatic rings. The first kappa shape index (κ1) is 34.2. The molecular formula is C27H44N6O7. The number of nitrogens with one attached hydrogen (secondary N) is 4. The van der Waals surface area contributed by atoms with Gasteiger partial charge in [-0.25, -0.2) is 14.4 Å². The van der Waals surface area contributed by atoms with Crippen molar-refractivity contribution in [2.75, 3.05) is 13.1 Å². The molecule has 5 amide bonds. The van der Waals surface area contributed by atoms with Crippen molar-refractivity contribution in [3.63, 3.8) is 0 Å². The van der Waals surface area contributed by atoms with Crippen molar-refractivity contribution in [3.05, 3.63) is 35.9 Å². The highest BCUT2D eigenvalue weighted by atomic mass is 16.5. The van der Waals surface area contributed by atoms with E-state index >= 15 is 0 Å². The summed E-state index contributed by atoms with van der Waals surface area (Å²) in [6.07, 6.45) is 2.35. The van der Waals surface area contributed by atoms with Gasteiger partial charge in [-0.3, -0.25) is 9.59 Å².